The minimum absolute atomic E-state index is 0.179. The Kier molecular flexibility index (Phi) is 8.89. The van der Waals surface area contributed by atoms with Crippen molar-refractivity contribution in [2.24, 2.45) is 0 Å². The standard InChI is InChI=1S/C69H45FN2O/c1-69(2)57-23-14-19-44-25-26-47-37-51(41-58(69)67(47)66(44)57)71(49-20-10-5-11-21-49)60-34-29-45-28-33-54-61(35-30-46-27-32-53(60)64(45)65(46)54)72(50-31-36-63-56(40-50)52-22-12-13-24-62(52)73-63)68-55(43-17-8-4-9-18-43)38-48(39-59(68)70)42-15-6-3-7-16-42/h3-41H,1-2H3. The summed E-state index contributed by atoms with van der Waals surface area (Å²) in [6, 6.07) is 83.4. The Balaban J connectivity index is 0.995. The fourth-order valence-electron chi connectivity index (χ4n) is 12.4. The van der Waals surface area contributed by atoms with E-state index in [0.29, 0.717) is 5.69 Å². The molecule has 344 valence electrons. The van der Waals surface area contributed by atoms with Crippen molar-refractivity contribution in [1.82, 2.24) is 0 Å². The number of hydrogen-bond acceptors (Lipinski definition) is 3. The second-order valence-electron chi connectivity index (χ2n) is 20.1. The van der Waals surface area contributed by atoms with Crippen LogP contribution in [0.2, 0.25) is 0 Å². The minimum atomic E-state index is -0.324. The van der Waals surface area contributed by atoms with Gasteiger partial charge in [0.2, 0.25) is 0 Å². The van der Waals surface area contributed by atoms with Crippen molar-refractivity contribution in [2.75, 3.05) is 9.80 Å². The molecule has 1 aromatic heterocycles. The van der Waals surface area contributed by atoms with Crippen molar-refractivity contribution in [3.8, 4) is 22.3 Å². The van der Waals surface area contributed by atoms with E-state index in [0.717, 1.165) is 105 Å². The number of rotatable bonds is 8. The molecule has 0 N–H and O–H groups in total. The molecule has 0 radical (unpaired) electrons. The maximum absolute atomic E-state index is 18.1. The normalized spacial score (nSPS) is 13.0. The van der Waals surface area contributed by atoms with Crippen LogP contribution in [0, 0.1) is 5.82 Å². The van der Waals surface area contributed by atoms with Crippen molar-refractivity contribution >= 4 is 110 Å². The first-order chi connectivity index (χ1) is 35.9. The molecule has 15 rings (SSSR count). The number of anilines is 6. The van der Waals surface area contributed by atoms with Crippen molar-refractivity contribution < 1.29 is 8.81 Å². The molecular formula is C69H45FN2O. The summed E-state index contributed by atoms with van der Waals surface area (Å²) in [6.45, 7) is 4.73. The molecular weight excluding hydrogens is 892 g/mol. The summed E-state index contributed by atoms with van der Waals surface area (Å²) in [7, 11) is 0. The Hall–Kier alpha value is -9.25. The van der Waals surface area contributed by atoms with E-state index >= 15 is 4.39 Å². The number of furan rings is 1. The third-order valence-electron chi connectivity index (χ3n) is 15.8. The largest absolute Gasteiger partial charge is 0.456 e. The second-order valence-corrected chi connectivity index (χ2v) is 20.1. The van der Waals surface area contributed by atoms with Gasteiger partial charge in [-0.3, -0.25) is 0 Å². The van der Waals surface area contributed by atoms with Gasteiger partial charge in [0.25, 0.3) is 0 Å². The van der Waals surface area contributed by atoms with E-state index in [2.05, 4.69) is 181 Å². The van der Waals surface area contributed by atoms with Gasteiger partial charge in [0, 0.05) is 49.6 Å². The van der Waals surface area contributed by atoms with Crippen LogP contribution in [0.4, 0.5) is 38.5 Å². The van der Waals surface area contributed by atoms with Gasteiger partial charge in [-0.05, 0) is 144 Å². The average molecular weight is 937 g/mol. The lowest BCUT2D eigenvalue weighted by atomic mass is 9.81. The van der Waals surface area contributed by atoms with Crippen LogP contribution in [0.1, 0.15) is 25.0 Å². The topological polar surface area (TPSA) is 19.6 Å². The van der Waals surface area contributed by atoms with E-state index in [9.17, 15) is 0 Å². The molecule has 0 amide bonds. The van der Waals surface area contributed by atoms with Crippen LogP contribution in [0.3, 0.4) is 0 Å². The highest BCUT2D eigenvalue weighted by Crippen LogP contribution is 2.54. The molecule has 0 saturated heterocycles. The zero-order valence-corrected chi connectivity index (χ0v) is 40.2. The van der Waals surface area contributed by atoms with Crippen molar-refractivity contribution in [3.63, 3.8) is 0 Å². The molecule has 1 aliphatic carbocycles. The summed E-state index contributed by atoms with van der Waals surface area (Å²) < 4.78 is 24.5. The number of para-hydroxylation sites is 2. The molecule has 0 saturated carbocycles. The molecule has 14 aromatic rings. The van der Waals surface area contributed by atoms with Crippen molar-refractivity contribution in [2.45, 2.75) is 19.3 Å². The summed E-state index contributed by atoms with van der Waals surface area (Å²) in [5.41, 5.74) is 13.0. The van der Waals surface area contributed by atoms with Crippen LogP contribution < -0.4 is 9.80 Å². The van der Waals surface area contributed by atoms with Gasteiger partial charge >= 0.3 is 0 Å². The molecule has 13 aromatic carbocycles. The Morgan fingerprint density at radius 1 is 0.356 bits per heavy atom. The smallest absolute Gasteiger partial charge is 0.148 e. The lowest BCUT2D eigenvalue weighted by molar-refractivity contribution is 0.630. The first-order valence-electron chi connectivity index (χ1n) is 25.1. The Morgan fingerprint density at radius 3 is 1.68 bits per heavy atom. The van der Waals surface area contributed by atoms with E-state index in [1.807, 2.05) is 72.8 Å². The van der Waals surface area contributed by atoms with Gasteiger partial charge < -0.3 is 14.2 Å². The Labute approximate surface area is 421 Å². The summed E-state index contributed by atoms with van der Waals surface area (Å²) in [6.07, 6.45) is 0. The molecule has 0 atom stereocenters. The average Bonchev–Trinajstić information content (AvgIpc) is 3.94. The van der Waals surface area contributed by atoms with Crippen molar-refractivity contribution in [3.05, 3.63) is 254 Å². The highest BCUT2D eigenvalue weighted by molar-refractivity contribution is 6.28. The van der Waals surface area contributed by atoms with Crippen LogP contribution in [0.25, 0.3) is 98.1 Å². The second kappa shape index (κ2) is 15.6. The van der Waals surface area contributed by atoms with Gasteiger partial charge in [-0.2, -0.15) is 0 Å². The van der Waals surface area contributed by atoms with Crippen molar-refractivity contribution in [1.29, 1.82) is 0 Å². The number of hydrogen-bond donors (Lipinski definition) is 0. The van der Waals surface area contributed by atoms with Crippen LogP contribution in [0.15, 0.2) is 241 Å². The van der Waals surface area contributed by atoms with Gasteiger partial charge in [-0.1, -0.05) is 178 Å². The molecule has 73 heavy (non-hydrogen) atoms. The maximum Gasteiger partial charge on any atom is 0.148 e. The van der Waals surface area contributed by atoms with E-state index in [1.54, 1.807) is 6.07 Å². The van der Waals surface area contributed by atoms with E-state index in [-0.39, 0.29) is 11.2 Å². The minimum Gasteiger partial charge on any atom is -0.456 e. The van der Waals surface area contributed by atoms with E-state index in [1.165, 1.54) is 32.7 Å². The highest BCUT2D eigenvalue weighted by Gasteiger charge is 2.35. The zero-order valence-electron chi connectivity index (χ0n) is 40.2. The lowest BCUT2D eigenvalue weighted by Crippen LogP contribution is -2.17. The predicted octanol–water partition coefficient (Wildman–Crippen LogP) is 19.8. The molecule has 0 spiro atoms. The van der Waals surface area contributed by atoms with Crippen LogP contribution in [-0.4, -0.2) is 0 Å². The summed E-state index contributed by atoms with van der Waals surface area (Å²) in [5.74, 6) is -0.324. The highest BCUT2D eigenvalue weighted by atomic mass is 19.1. The number of fused-ring (bicyclic) bond motifs is 3. The number of nitrogens with zero attached hydrogens (tertiary/aromatic N) is 2. The monoisotopic (exact) mass is 936 g/mol. The fraction of sp³-hybridized carbons (Fsp3) is 0.0435. The molecule has 3 nitrogen and oxygen atoms in total. The molecule has 0 fully saturated rings. The maximum atomic E-state index is 18.1. The molecule has 1 heterocycles. The van der Waals surface area contributed by atoms with Crippen LogP contribution >= 0.6 is 0 Å². The quantitative estimate of drug-likeness (QED) is 0.142. The molecule has 4 heteroatoms. The third kappa shape index (κ3) is 6.17. The fourth-order valence-corrected chi connectivity index (χ4v) is 12.4. The van der Waals surface area contributed by atoms with Gasteiger partial charge in [0.05, 0.1) is 17.1 Å². The summed E-state index contributed by atoms with van der Waals surface area (Å²) >= 11 is 0. The van der Waals surface area contributed by atoms with Gasteiger partial charge in [0.15, 0.2) is 0 Å². The number of benzene rings is 13. The van der Waals surface area contributed by atoms with Crippen LogP contribution in [-0.2, 0) is 5.41 Å². The number of halogens is 1. The lowest BCUT2D eigenvalue weighted by Gasteiger charge is -2.31. The Bertz CT molecular complexity index is 4540. The summed E-state index contributed by atoms with van der Waals surface area (Å²) in [4.78, 5) is 4.59. The molecule has 0 bridgehead atoms. The molecule has 0 unspecified atom stereocenters. The van der Waals surface area contributed by atoms with Gasteiger partial charge in [-0.25, -0.2) is 4.39 Å². The first-order valence-corrected chi connectivity index (χ1v) is 25.1. The van der Waals surface area contributed by atoms with E-state index < -0.39 is 0 Å². The molecule has 1 aliphatic rings. The van der Waals surface area contributed by atoms with E-state index in [4.69, 9.17) is 4.42 Å². The first kappa shape index (κ1) is 41.5. The van der Waals surface area contributed by atoms with Gasteiger partial charge in [-0.15, -0.1) is 0 Å². The summed E-state index contributed by atoms with van der Waals surface area (Å²) in [5, 5.41) is 13.9. The third-order valence-corrected chi connectivity index (χ3v) is 15.8. The zero-order chi connectivity index (χ0) is 48.5. The molecule has 0 aliphatic heterocycles. The van der Waals surface area contributed by atoms with Gasteiger partial charge in [0.1, 0.15) is 17.0 Å². The predicted molar refractivity (Wildman–Crippen MR) is 305 cm³/mol. The Morgan fingerprint density at radius 2 is 0.945 bits per heavy atom. The van der Waals surface area contributed by atoms with Crippen LogP contribution in [0.5, 0.6) is 0 Å². The SMILES string of the molecule is CC1(C)c2cccc3ccc4cc(N(c5ccccc5)c5ccc6ccc7c(N(c8ccc9oc%10ccccc%10c9c8)c8c(F)cc(-c9ccccc9)cc8-c8ccccc8)ccc8ccc5c6c87)cc1c4c23.